The Hall–Kier alpha value is -2.95. The van der Waals surface area contributed by atoms with Crippen molar-refractivity contribution in [3.8, 4) is 17.2 Å². The van der Waals surface area contributed by atoms with Crippen molar-refractivity contribution in [2.75, 3.05) is 20.8 Å². The number of unbranched alkanes of at least 4 members (excludes halogenated alkanes) is 2. The summed E-state index contributed by atoms with van der Waals surface area (Å²) < 4.78 is 16.3. The molecule has 0 aliphatic carbocycles. The fourth-order valence-corrected chi connectivity index (χ4v) is 2.64. The zero-order valence-electron chi connectivity index (χ0n) is 16.0. The molecule has 144 valence electrons. The van der Waals surface area contributed by atoms with Crippen LogP contribution < -0.4 is 14.2 Å². The van der Waals surface area contributed by atoms with Gasteiger partial charge in [0.2, 0.25) is 0 Å². The molecule has 0 fully saturated rings. The van der Waals surface area contributed by atoms with Crippen LogP contribution in [0.25, 0.3) is 11.6 Å². The molecule has 0 aliphatic heterocycles. The molecule has 0 radical (unpaired) electrons. The van der Waals surface area contributed by atoms with Crippen molar-refractivity contribution in [3.05, 3.63) is 53.6 Å². The molecule has 0 bridgehead atoms. The van der Waals surface area contributed by atoms with E-state index in [1.54, 1.807) is 56.7 Å². The third-order valence-electron chi connectivity index (χ3n) is 4.14. The summed E-state index contributed by atoms with van der Waals surface area (Å²) in [5.41, 5.74) is 1.53. The first-order chi connectivity index (χ1) is 13.1. The maximum absolute atomic E-state index is 11.8. The van der Waals surface area contributed by atoms with E-state index in [0.29, 0.717) is 29.4 Å². The number of ether oxygens (including phenoxy) is 3. The van der Waals surface area contributed by atoms with E-state index >= 15 is 0 Å². The van der Waals surface area contributed by atoms with Gasteiger partial charge < -0.3 is 19.3 Å². The van der Waals surface area contributed by atoms with E-state index < -0.39 is 5.97 Å². The highest BCUT2D eigenvalue weighted by Gasteiger charge is 2.12. The topological polar surface area (TPSA) is 65.0 Å². The molecule has 5 nitrogen and oxygen atoms in total. The third-order valence-corrected chi connectivity index (χ3v) is 4.14. The molecule has 0 spiro atoms. The lowest BCUT2D eigenvalue weighted by Gasteiger charge is -2.12. The first kappa shape index (κ1) is 20.4. The van der Waals surface area contributed by atoms with Crippen molar-refractivity contribution in [2.24, 2.45) is 0 Å². The molecule has 0 aromatic heterocycles. The summed E-state index contributed by atoms with van der Waals surface area (Å²) in [6.07, 6.45) is 4.81. The molecule has 2 aromatic carbocycles. The molecule has 5 heteroatoms. The molecule has 2 aromatic rings. The maximum Gasteiger partial charge on any atom is 0.336 e. The van der Waals surface area contributed by atoms with Crippen LogP contribution in [0.2, 0.25) is 0 Å². The minimum atomic E-state index is -0.999. The highest BCUT2D eigenvalue weighted by atomic mass is 16.5. The summed E-state index contributed by atoms with van der Waals surface area (Å²) in [4.78, 5) is 11.8. The summed E-state index contributed by atoms with van der Waals surface area (Å²) in [7, 11) is 3.16. The largest absolute Gasteiger partial charge is 0.497 e. The van der Waals surface area contributed by atoms with E-state index in [0.717, 1.165) is 24.8 Å². The van der Waals surface area contributed by atoms with Crippen molar-refractivity contribution < 1.29 is 24.1 Å². The first-order valence-electron chi connectivity index (χ1n) is 8.99. The van der Waals surface area contributed by atoms with E-state index in [1.165, 1.54) is 0 Å². The van der Waals surface area contributed by atoms with Crippen LogP contribution in [0.1, 0.15) is 37.3 Å². The second-order valence-electron chi connectivity index (χ2n) is 6.06. The van der Waals surface area contributed by atoms with Crippen LogP contribution in [-0.2, 0) is 4.79 Å². The van der Waals surface area contributed by atoms with Gasteiger partial charge in [0.1, 0.15) is 5.75 Å². The summed E-state index contributed by atoms with van der Waals surface area (Å²) >= 11 is 0. The zero-order valence-corrected chi connectivity index (χ0v) is 16.0. The van der Waals surface area contributed by atoms with Crippen LogP contribution in [0.15, 0.2) is 42.5 Å². The van der Waals surface area contributed by atoms with Crippen LogP contribution >= 0.6 is 0 Å². The van der Waals surface area contributed by atoms with Gasteiger partial charge in [-0.15, -0.1) is 0 Å². The Morgan fingerprint density at radius 3 is 2.33 bits per heavy atom. The van der Waals surface area contributed by atoms with Gasteiger partial charge >= 0.3 is 5.97 Å². The summed E-state index contributed by atoms with van der Waals surface area (Å²) in [6, 6.07) is 12.3. The molecule has 0 amide bonds. The zero-order chi connectivity index (χ0) is 19.6. The van der Waals surface area contributed by atoms with Crippen molar-refractivity contribution in [1.29, 1.82) is 0 Å². The molecule has 0 atom stereocenters. The van der Waals surface area contributed by atoms with Crippen molar-refractivity contribution in [3.63, 3.8) is 0 Å². The summed E-state index contributed by atoms with van der Waals surface area (Å²) in [6.45, 7) is 2.74. The van der Waals surface area contributed by atoms with Crippen molar-refractivity contribution in [2.45, 2.75) is 26.2 Å². The lowest BCUT2D eigenvalue weighted by molar-refractivity contribution is -0.130. The number of carboxylic acids is 1. The Kier molecular flexibility index (Phi) is 7.74. The Bertz CT molecular complexity index is 778. The average molecular weight is 370 g/mol. The molecular formula is C22H26O5. The molecule has 0 heterocycles. The molecule has 27 heavy (non-hydrogen) atoms. The Labute approximate surface area is 160 Å². The molecule has 0 unspecified atom stereocenters. The predicted molar refractivity (Wildman–Crippen MR) is 107 cm³/mol. The van der Waals surface area contributed by atoms with E-state index in [2.05, 4.69) is 6.92 Å². The molecule has 0 aliphatic rings. The third kappa shape index (κ3) is 5.78. The van der Waals surface area contributed by atoms with Crippen LogP contribution in [0.4, 0.5) is 0 Å². The quantitative estimate of drug-likeness (QED) is 0.366. The van der Waals surface area contributed by atoms with Gasteiger partial charge in [-0.3, -0.25) is 0 Å². The molecule has 2 rings (SSSR count). The normalized spacial score (nSPS) is 11.1. The second kappa shape index (κ2) is 10.3. The van der Waals surface area contributed by atoms with Crippen LogP contribution in [0.5, 0.6) is 17.2 Å². The SMILES string of the molecule is CCCCCOc1cc(/C=C(\C(=O)O)c2ccc(OC)cc2)ccc1OC. The van der Waals surface area contributed by atoms with Gasteiger partial charge in [0, 0.05) is 0 Å². The van der Waals surface area contributed by atoms with Gasteiger partial charge in [-0.05, 0) is 47.9 Å². The number of hydrogen-bond donors (Lipinski definition) is 1. The fourth-order valence-electron chi connectivity index (χ4n) is 2.64. The van der Waals surface area contributed by atoms with E-state index in [4.69, 9.17) is 14.2 Å². The van der Waals surface area contributed by atoms with Gasteiger partial charge in [-0.25, -0.2) is 4.79 Å². The smallest absolute Gasteiger partial charge is 0.336 e. The minimum Gasteiger partial charge on any atom is -0.497 e. The number of rotatable bonds is 10. The number of benzene rings is 2. The van der Waals surface area contributed by atoms with Crippen LogP contribution in [-0.4, -0.2) is 31.9 Å². The number of methoxy groups -OCH3 is 2. The van der Waals surface area contributed by atoms with Crippen LogP contribution in [0, 0.1) is 0 Å². The van der Waals surface area contributed by atoms with Crippen molar-refractivity contribution >= 4 is 17.6 Å². The van der Waals surface area contributed by atoms with Gasteiger partial charge in [-0.1, -0.05) is 38.0 Å². The summed E-state index contributed by atoms with van der Waals surface area (Å²) in [5.74, 6) is 0.920. The average Bonchev–Trinajstić information content (AvgIpc) is 2.69. The molecule has 0 saturated heterocycles. The van der Waals surface area contributed by atoms with Crippen LogP contribution in [0.3, 0.4) is 0 Å². The predicted octanol–water partition coefficient (Wildman–Crippen LogP) is 4.90. The second-order valence-corrected chi connectivity index (χ2v) is 6.06. The van der Waals surface area contributed by atoms with E-state index in [9.17, 15) is 9.90 Å². The minimum absolute atomic E-state index is 0.194. The fraction of sp³-hybridized carbons (Fsp3) is 0.318. The Balaban J connectivity index is 2.30. The first-order valence-corrected chi connectivity index (χ1v) is 8.99. The molecule has 0 saturated carbocycles. The van der Waals surface area contributed by atoms with E-state index in [1.807, 2.05) is 6.07 Å². The number of carboxylic acid groups (broad SMARTS) is 1. The highest BCUT2D eigenvalue weighted by molar-refractivity contribution is 6.20. The number of carbonyl (C=O) groups is 1. The Morgan fingerprint density at radius 2 is 1.74 bits per heavy atom. The van der Waals surface area contributed by atoms with Gasteiger partial charge in [-0.2, -0.15) is 0 Å². The lowest BCUT2D eigenvalue weighted by Crippen LogP contribution is -2.01. The van der Waals surface area contributed by atoms with Gasteiger partial charge in [0.25, 0.3) is 0 Å². The molecule has 1 N–H and O–H groups in total. The maximum atomic E-state index is 11.8. The highest BCUT2D eigenvalue weighted by Crippen LogP contribution is 2.30. The standard InChI is InChI=1S/C22H26O5/c1-4-5-6-13-27-21-15-16(7-12-20(21)26-3)14-19(22(23)24)17-8-10-18(25-2)11-9-17/h7-12,14-15H,4-6,13H2,1-3H3,(H,23,24)/b19-14-. The summed E-state index contributed by atoms with van der Waals surface area (Å²) in [5, 5.41) is 9.63. The molecular weight excluding hydrogens is 344 g/mol. The monoisotopic (exact) mass is 370 g/mol. The lowest BCUT2D eigenvalue weighted by atomic mass is 10.0. The van der Waals surface area contributed by atoms with Gasteiger partial charge in [0.15, 0.2) is 11.5 Å². The van der Waals surface area contributed by atoms with E-state index in [-0.39, 0.29) is 5.57 Å². The number of hydrogen-bond acceptors (Lipinski definition) is 4. The Morgan fingerprint density at radius 1 is 1.00 bits per heavy atom. The van der Waals surface area contributed by atoms with Crippen molar-refractivity contribution in [1.82, 2.24) is 0 Å². The number of aliphatic carboxylic acids is 1. The van der Waals surface area contributed by atoms with Gasteiger partial charge in [0.05, 0.1) is 26.4 Å².